The molecule has 0 atom stereocenters. The van der Waals surface area contributed by atoms with E-state index in [0.29, 0.717) is 0 Å². The molecule has 120 valence electrons. The standard InChI is InChI=1S/C18H20BBrO2S/c1-17(2)18(3,4)22-19(21-17)13-10-14(20)12-16(11-13)23-15-8-6-5-7-9-15/h5-12H,1-4H3. The van der Waals surface area contributed by atoms with Gasteiger partial charge in [-0.25, -0.2) is 0 Å². The Labute approximate surface area is 151 Å². The van der Waals surface area contributed by atoms with Crippen molar-refractivity contribution in [1.82, 2.24) is 0 Å². The van der Waals surface area contributed by atoms with Crippen molar-refractivity contribution in [2.45, 2.75) is 48.7 Å². The third-order valence-corrected chi connectivity index (χ3v) is 5.84. The zero-order valence-corrected chi connectivity index (χ0v) is 16.2. The smallest absolute Gasteiger partial charge is 0.399 e. The maximum atomic E-state index is 6.16. The molecule has 2 aromatic rings. The monoisotopic (exact) mass is 390 g/mol. The van der Waals surface area contributed by atoms with Crippen LogP contribution in [0.5, 0.6) is 0 Å². The average molecular weight is 391 g/mol. The van der Waals surface area contributed by atoms with Gasteiger partial charge < -0.3 is 9.31 Å². The van der Waals surface area contributed by atoms with Gasteiger partial charge in [-0.15, -0.1) is 0 Å². The quantitative estimate of drug-likeness (QED) is 0.694. The predicted molar refractivity (Wildman–Crippen MR) is 100 cm³/mol. The maximum Gasteiger partial charge on any atom is 0.494 e. The molecule has 0 radical (unpaired) electrons. The molecule has 0 unspecified atom stereocenters. The molecule has 3 rings (SSSR count). The van der Waals surface area contributed by atoms with Crippen LogP contribution in [0.2, 0.25) is 0 Å². The van der Waals surface area contributed by atoms with Gasteiger partial charge in [-0.3, -0.25) is 0 Å². The van der Waals surface area contributed by atoms with Crippen LogP contribution in [0.3, 0.4) is 0 Å². The SMILES string of the molecule is CC1(C)OB(c2cc(Br)cc(Sc3ccccc3)c2)OC1(C)C. The van der Waals surface area contributed by atoms with Crippen molar-refractivity contribution in [2.24, 2.45) is 0 Å². The summed E-state index contributed by atoms with van der Waals surface area (Å²) in [6.07, 6.45) is 0. The Morgan fingerprint density at radius 1 is 0.870 bits per heavy atom. The van der Waals surface area contributed by atoms with Gasteiger partial charge in [-0.2, -0.15) is 0 Å². The van der Waals surface area contributed by atoms with Crippen molar-refractivity contribution in [3.63, 3.8) is 0 Å². The molecule has 0 saturated carbocycles. The highest BCUT2D eigenvalue weighted by atomic mass is 79.9. The molecule has 0 amide bonds. The van der Waals surface area contributed by atoms with Crippen LogP contribution < -0.4 is 5.46 Å². The average Bonchev–Trinajstić information content (AvgIpc) is 2.68. The second kappa shape index (κ2) is 6.28. The van der Waals surface area contributed by atoms with Crippen molar-refractivity contribution >= 4 is 40.3 Å². The van der Waals surface area contributed by atoms with E-state index in [4.69, 9.17) is 9.31 Å². The third kappa shape index (κ3) is 3.68. The van der Waals surface area contributed by atoms with E-state index in [1.54, 1.807) is 11.8 Å². The van der Waals surface area contributed by atoms with Crippen LogP contribution in [0.25, 0.3) is 0 Å². The fraction of sp³-hybridized carbons (Fsp3) is 0.333. The summed E-state index contributed by atoms with van der Waals surface area (Å²) in [6.45, 7) is 8.30. The first kappa shape index (κ1) is 17.1. The summed E-state index contributed by atoms with van der Waals surface area (Å²) in [5.74, 6) is 0. The zero-order chi connectivity index (χ0) is 16.7. The van der Waals surface area contributed by atoms with Crippen LogP contribution in [-0.2, 0) is 9.31 Å². The van der Waals surface area contributed by atoms with Crippen LogP contribution >= 0.6 is 27.7 Å². The largest absolute Gasteiger partial charge is 0.494 e. The number of rotatable bonds is 3. The second-order valence-electron chi connectivity index (χ2n) is 6.72. The van der Waals surface area contributed by atoms with Gasteiger partial charge in [0.05, 0.1) is 11.2 Å². The molecule has 1 heterocycles. The van der Waals surface area contributed by atoms with Crippen LogP contribution in [0, 0.1) is 0 Å². The summed E-state index contributed by atoms with van der Waals surface area (Å²) < 4.78 is 13.3. The first-order valence-electron chi connectivity index (χ1n) is 7.66. The minimum Gasteiger partial charge on any atom is -0.399 e. The first-order valence-corrected chi connectivity index (χ1v) is 9.27. The van der Waals surface area contributed by atoms with Crippen molar-refractivity contribution in [3.05, 3.63) is 53.0 Å². The van der Waals surface area contributed by atoms with E-state index in [1.165, 1.54) is 4.90 Å². The lowest BCUT2D eigenvalue weighted by Gasteiger charge is -2.32. The number of hydrogen-bond acceptors (Lipinski definition) is 3. The normalized spacial score (nSPS) is 19.1. The molecule has 2 nitrogen and oxygen atoms in total. The third-order valence-electron chi connectivity index (χ3n) is 4.40. The molecule has 0 bridgehead atoms. The minimum absolute atomic E-state index is 0.327. The van der Waals surface area contributed by atoms with E-state index in [1.807, 2.05) is 6.07 Å². The Kier molecular flexibility index (Phi) is 4.67. The summed E-state index contributed by atoms with van der Waals surface area (Å²) in [5, 5.41) is 0. The van der Waals surface area contributed by atoms with Crippen LogP contribution in [0.4, 0.5) is 0 Å². The van der Waals surface area contributed by atoms with E-state index in [2.05, 4.69) is 86.1 Å². The van der Waals surface area contributed by atoms with Gasteiger partial charge in [-0.1, -0.05) is 45.9 Å². The van der Waals surface area contributed by atoms with Crippen molar-refractivity contribution in [2.75, 3.05) is 0 Å². The Morgan fingerprint density at radius 2 is 1.48 bits per heavy atom. The van der Waals surface area contributed by atoms with Crippen LogP contribution in [-0.4, -0.2) is 18.3 Å². The van der Waals surface area contributed by atoms with E-state index in [-0.39, 0.29) is 18.3 Å². The van der Waals surface area contributed by atoms with Gasteiger partial charge in [0.2, 0.25) is 0 Å². The van der Waals surface area contributed by atoms with E-state index in [0.717, 1.165) is 14.8 Å². The Morgan fingerprint density at radius 3 is 2.09 bits per heavy atom. The van der Waals surface area contributed by atoms with Gasteiger partial charge in [0.25, 0.3) is 0 Å². The molecule has 5 heteroatoms. The topological polar surface area (TPSA) is 18.5 Å². The summed E-state index contributed by atoms with van der Waals surface area (Å²) in [6, 6.07) is 16.7. The summed E-state index contributed by atoms with van der Waals surface area (Å²) in [4.78, 5) is 2.38. The highest BCUT2D eigenvalue weighted by Gasteiger charge is 2.51. The fourth-order valence-electron chi connectivity index (χ4n) is 2.38. The minimum atomic E-state index is -0.340. The van der Waals surface area contributed by atoms with E-state index >= 15 is 0 Å². The second-order valence-corrected chi connectivity index (χ2v) is 8.79. The van der Waals surface area contributed by atoms with Crippen molar-refractivity contribution < 1.29 is 9.31 Å². The number of benzene rings is 2. The maximum absolute atomic E-state index is 6.16. The summed E-state index contributed by atoms with van der Waals surface area (Å²) >= 11 is 5.34. The van der Waals surface area contributed by atoms with E-state index in [9.17, 15) is 0 Å². The molecular weight excluding hydrogens is 371 g/mol. The molecule has 1 saturated heterocycles. The Balaban J connectivity index is 1.87. The molecule has 1 fully saturated rings. The van der Waals surface area contributed by atoms with E-state index < -0.39 is 0 Å². The molecule has 0 aromatic heterocycles. The molecule has 0 spiro atoms. The molecule has 1 aliphatic heterocycles. The Bertz CT molecular complexity index is 687. The van der Waals surface area contributed by atoms with Gasteiger partial charge in [0.15, 0.2) is 0 Å². The number of halogens is 1. The van der Waals surface area contributed by atoms with Gasteiger partial charge in [0, 0.05) is 14.3 Å². The lowest BCUT2D eigenvalue weighted by atomic mass is 9.79. The molecule has 0 aliphatic carbocycles. The fourth-order valence-corrected chi connectivity index (χ4v) is 3.99. The molecule has 1 aliphatic rings. The molecular formula is C18H20BBrO2S. The lowest BCUT2D eigenvalue weighted by molar-refractivity contribution is 0.00578. The van der Waals surface area contributed by atoms with Gasteiger partial charge in [-0.05, 0) is 63.5 Å². The van der Waals surface area contributed by atoms with Gasteiger partial charge in [0.1, 0.15) is 0 Å². The predicted octanol–water partition coefficient (Wildman–Crippen LogP) is 4.90. The van der Waals surface area contributed by atoms with Gasteiger partial charge >= 0.3 is 7.12 Å². The zero-order valence-electron chi connectivity index (χ0n) is 13.8. The van der Waals surface area contributed by atoms with Crippen molar-refractivity contribution in [1.29, 1.82) is 0 Å². The molecule has 0 N–H and O–H groups in total. The summed E-state index contributed by atoms with van der Waals surface area (Å²) in [7, 11) is -0.340. The first-order chi connectivity index (χ1) is 10.8. The lowest BCUT2D eigenvalue weighted by Crippen LogP contribution is -2.41. The van der Waals surface area contributed by atoms with Crippen molar-refractivity contribution in [3.8, 4) is 0 Å². The highest BCUT2D eigenvalue weighted by molar-refractivity contribution is 9.10. The summed E-state index contributed by atoms with van der Waals surface area (Å²) in [5.41, 5.74) is 0.385. The number of hydrogen-bond donors (Lipinski definition) is 0. The Hall–Kier alpha value is -0.745. The highest BCUT2D eigenvalue weighted by Crippen LogP contribution is 2.37. The molecule has 23 heavy (non-hydrogen) atoms. The van der Waals surface area contributed by atoms with Crippen LogP contribution in [0.15, 0.2) is 62.8 Å². The van der Waals surface area contributed by atoms with Crippen LogP contribution in [0.1, 0.15) is 27.7 Å². The molecule has 2 aromatic carbocycles.